The van der Waals surface area contributed by atoms with Crippen LogP contribution in [-0.2, 0) is 23.1 Å². The summed E-state index contributed by atoms with van der Waals surface area (Å²) in [5.41, 5.74) is 0. The van der Waals surface area contributed by atoms with E-state index >= 15 is 0 Å². The molecule has 2 N–H and O–H groups in total. The highest BCUT2D eigenvalue weighted by Crippen LogP contribution is 2.13. The van der Waals surface area contributed by atoms with E-state index in [0.717, 1.165) is 22.9 Å². The third-order valence-electron chi connectivity index (χ3n) is 2.82. The molecule has 2 heterocycles. The van der Waals surface area contributed by atoms with E-state index in [1.807, 2.05) is 14.0 Å². The van der Waals surface area contributed by atoms with Crippen molar-refractivity contribution in [3.63, 3.8) is 0 Å². The molecule has 2 aromatic rings. The largest absolute Gasteiger partial charge is 0.320 e. The molecule has 0 amide bonds. The zero-order chi connectivity index (χ0) is 15.3. The van der Waals surface area contributed by atoms with Gasteiger partial charge in [-0.1, -0.05) is 0 Å². The Morgan fingerprint density at radius 1 is 1.38 bits per heavy atom. The van der Waals surface area contributed by atoms with Crippen molar-refractivity contribution in [2.75, 3.05) is 13.6 Å². The fourth-order valence-corrected chi connectivity index (χ4v) is 3.50. The third kappa shape index (κ3) is 4.60. The minimum atomic E-state index is -3.54. The van der Waals surface area contributed by atoms with E-state index in [4.69, 9.17) is 0 Å². The van der Waals surface area contributed by atoms with E-state index in [1.54, 1.807) is 17.1 Å². The maximum absolute atomic E-state index is 12.2. The first kappa shape index (κ1) is 16.1. The lowest BCUT2D eigenvalue weighted by Gasteiger charge is -2.02. The second kappa shape index (κ2) is 7.12. The molecule has 0 spiro atoms. The molecule has 2 aromatic heterocycles. The Morgan fingerprint density at radius 3 is 2.86 bits per heavy atom. The summed E-state index contributed by atoms with van der Waals surface area (Å²) >= 11 is 1.48. The maximum Gasteiger partial charge on any atom is 0.244 e. The summed E-state index contributed by atoms with van der Waals surface area (Å²) in [5, 5.41) is 7.86. The average molecular weight is 329 g/mol. The summed E-state index contributed by atoms with van der Waals surface area (Å²) in [4.78, 5) is 5.37. The van der Waals surface area contributed by atoms with Crippen molar-refractivity contribution in [1.29, 1.82) is 0 Å². The molecule has 0 aliphatic heterocycles. The van der Waals surface area contributed by atoms with Crippen molar-refractivity contribution in [1.82, 2.24) is 24.8 Å². The van der Waals surface area contributed by atoms with Gasteiger partial charge in [0.25, 0.3) is 0 Å². The number of thiazole rings is 1. The maximum atomic E-state index is 12.2. The van der Waals surface area contributed by atoms with E-state index < -0.39 is 10.0 Å². The van der Waals surface area contributed by atoms with Gasteiger partial charge in [-0.15, -0.1) is 11.3 Å². The lowest BCUT2D eigenvalue weighted by atomic mass is 10.4. The van der Waals surface area contributed by atoms with Gasteiger partial charge in [-0.2, -0.15) is 5.10 Å². The molecule has 0 saturated carbocycles. The van der Waals surface area contributed by atoms with Gasteiger partial charge < -0.3 is 5.32 Å². The van der Waals surface area contributed by atoms with Gasteiger partial charge in [0.1, 0.15) is 9.90 Å². The molecule has 2 rings (SSSR count). The zero-order valence-corrected chi connectivity index (χ0v) is 13.7. The first-order valence-electron chi connectivity index (χ1n) is 6.59. The highest BCUT2D eigenvalue weighted by molar-refractivity contribution is 7.89. The summed E-state index contributed by atoms with van der Waals surface area (Å²) < 4.78 is 28.5. The van der Waals surface area contributed by atoms with E-state index in [2.05, 4.69) is 20.1 Å². The molecule has 7 nitrogen and oxygen atoms in total. The summed E-state index contributed by atoms with van der Waals surface area (Å²) in [6.45, 7) is 3.68. The molecule has 0 radical (unpaired) electrons. The second-order valence-electron chi connectivity index (χ2n) is 4.59. The van der Waals surface area contributed by atoms with Crippen LogP contribution in [0.3, 0.4) is 0 Å². The molecule has 0 bridgehead atoms. The van der Waals surface area contributed by atoms with Crippen LogP contribution >= 0.6 is 11.3 Å². The molecule has 0 saturated heterocycles. The van der Waals surface area contributed by atoms with Crippen LogP contribution in [0.5, 0.6) is 0 Å². The van der Waals surface area contributed by atoms with Crippen LogP contribution in [0.1, 0.15) is 16.3 Å². The Balaban J connectivity index is 1.95. The summed E-state index contributed by atoms with van der Waals surface area (Å²) in [6, 6.07) is 0. The van der Waals surface area contributed by atoms with Gasteiger partial charge in [0.15, 0.2) is 0 Å². The Kier molecular flexibility index (Phi) is 5.45. The number of hydrogen-bond donors (Lipinski definition) is 2. The lowest BCUT2D eigenvalue weighted by Crippen LogP contribution is -2.22. The molecule has 0 aromatic carbocycles. The standard InChI is InChI=1S/C12H19N5O2S2/c1-10-6-14-12(20-10)8-16-21(18,19)11-7-15-17(9-11)5-3-4-13-2/h6-7,9,13,16H,3-5,8H2,1-2H3. The number of aryl methyl sites for hydroxylation is 2. The molecule has 21 heavy (non-hydrogen) atoms. The van der Waals surface area contributed by atoms with Crippen LogP contribution in [0.2, 0.25) is 0 Å². The lowest BCUT2D eigenvalue weighted by molar-refractivity contribution is 0.560. The Morgan fingerprint density at radius 2 is 2.19 bits per heavy atom. The number of rotatable bonds is 8. The molecular weight excluding hydrogens is 310 g/mol. The normalized spacial score (nSPS) is 11.9. The van der Waals surface area contributed by atoms with Gasteiger partial charge in [-0.25, -0.2) is 18.1 Å². The molecular formula is C12H19N5O2S2. The fraction of sp³-hybridized carbons (Fsp3) is 0.500. The number of hydrogen-bond acceptors (Lipinski definition) is 6. The van der Waals surface area contributed by atoms with Crippen LogP contribution in [0.15, 0.2) is 23.5 Å². The van der Waals surface area contributed by atoms with Crippen molar-refractivity contribution >= 4 is 21.4 Å². The predicted molar refractivity (Wildman–Crippen MR) is 81.6 cm³/mol. The third-order valence-corrected chi connectivity index (χ3v) is 5.08. The van der Waals surface area contributed by atoms with Crippen molar-refractivity contribution in [3.8, 4) is 0 Å². The Hall–Kier alpha value is -1.29. The topological polar surface area (TPSA) is 88.9 Å². The molecule has 0 unspecified atom stereocenters. The quantitative estimate of drug-likeness (QED) is 0.697. The summed E-state index contributed by atoms with van der Waals surface area (Å²) in [6.07, 6.45) is 5.54. The van der Waals surface area contributed by atoms with Crippen LogP contribution in [0.4, 0.5) is 0 Å². The van der Waals surface area contributed by atoms with Gasteiger partial charge in [-0.05, 0) is 26.9 Å². The Labute approximate surface area is 128 Å². The Bertz CT molecular complexity index is 677. The molecule has 0 atom stereocenters. The summed E-state index contributed by atoms with van der Waals surface area (Å²) in [7, 11) is -1.66. The molecule has 9 heteroatoms. The van der Waals surface area contributed by atoms with Gasteiger partial charge in [0.2, 0.25) is 10.0 Å². The SMILES string of the molecule is CNCCCn1cc(S(=O)(=O)NCc2ncc(C)s2)cn1. The average Bonchev–Trinajstić information content (AvgIpc) is 3.06. The fourth-order valence-electron chi connectivity index (χ4n) is 1.75. The van der Waals surface area contributed by atoms with E-state index in [-0.39, 0.29) is 11.4 Å². The van der Waals surface area contributed by atoms with Gasteiger partial charge in [0, 0.05) is 23.8 Å². The minimum Gasteiger partial charge on any atom is -0.320 e. The molecule has 0 aliphatic carbocycles. The molecule has 116 valence electrons. The van der Waals surface area contributed by atoms with E-state index in [1.165, 1.54) is 17.5 Å². The van der Waals surface area contributed by atoms with Crippen LogP contribution < -0.4 is 10.0 Å². The minimum absolute atomic E-state index is 0.181. The van der Waals surface area contributed by atoms with E-state index in [0.29, 0.717) is 6.54 Å². The first-order chi connectivity index (χ1) is 10.0. The predicted octanol–water partition coefficient (Wildman–Crippen LogP) is 0.736. The van der Waals surface area contributed by atoms with Crippen LogP contribution in [-0.4, -0.2) is 36.8 Å². The van der Waals surface area contributed by atoms with Crippen LogP contribution in [0, 0.1) is 6.92 Å². The van der Waals surface area contributed by atoms with Crippen molar-refractivity contribution in [3.05, 3.63) is 28.5 Å². The second-order valence-corrected chi connectivity index (χ2v) is 7.67. The first-order valence-corrected chi connectivity index (χ1v) is 8.89. The summed E-state index contributed by atoms with van der Waals surface area (Å²) in [5.74, 6) is 0. The van der Waals surface area contributed by atoms with E-state index in [9.17, 15) is 8.42 Å². The van der Waals surface area contributed by atoms with Crippen molar-refractivity contribution in [2.24, 2.45) is 0 Å². The number of nitrogens with zero attached hydrogens (tertiary/aromatic N) is 3. The van der Waals surface area contributed by atoms with Crippen molar-refractivity contribution < 1.29 is 8.42 Å². The van der Waals surface area contributed by atoms with Gasteiger partial charge in [0.05, 0.1) is 12.7 Å². The molecule has 0 aliphatic rings. The van der Waals surface area contributed by atoms with Gasteiger partial charge >= 0.3 is 0 Å². The smallest absolute Gasteiger partial charge is 0.244 e. The monoisotopic (exact) mass is 329 g/mol. The highest BCUT2D eigenvalue weighted by Gasteiger charge is 2.16. The number of nitrogens with one attached hydrogen (secondary N) is 2. The highest BCUT2D eigenvalue weighted by atomic mass is 32.2. The number of sulfonamides is 1. The van der Waals surface area contributed by atoms with Crippen LogP contribution in [0.25, 0.3) is 0 Å². The molecule has 0 fully saturated rings. The van der Waals surface area contributed by atoms with Crippen molar-refractivity contribution in [2.45, 2.75) is 31.3 Å². The zero-order valence-electron chi connectivity index (χ0n) is 12.0. The number of aromatic nitrogens is 3. The van der Waals surface area contributed by atoms with Gasteiger partial charge in [-0.3, -0.25) is 4.68 Å².